The minimum atomic E-state index is 0.127. The Morgan fingerprint density at radius 3 is 2.50 bits per heavy atom. The second-order valence-corrected chi connectivity index (χ2v) is 7.46. The molecule has 3 heteroatoms. The summed E-state index contributed by atoms with van der Waals surface area (Å²) in [6.45, 7) is 7.73. The van der Waals surface area contributed by atoms with Gasteiger partial charge in [0.1, 0.15) is 0 Å². The number of aryl methyl sites for hydroxylation is 1. The van der Waals surface area contributed by atoms with Crippen molar-refractivity contribution in [2.75, 3.05) is 23.3 Å². The van der Waals surface area contributed by atoms with Gasteiger partial charge in [-0.05, 0) is 47.6 Å². The monoisotopic (exact) mass is 322 g/mol. The highest BCUT2D eigenvalue weighted by molar-refractivity contribution is 5.97. The normalized spacial score (nSPS) is 14.2. The van der Waals surface area contributed by atoms with Gasteiger partial charge >= 0.3 is 0 Å². The Labute approximate surface area is 144 Å². The van der Waals surface area contributed by atoms with Gasteiger partial charge < -0.3 is 10.2 Å². The van der Waals surface area contributed by atoms with Gasteiger partial charge in [0.2, 0.25) is 5.91 Å². The van der Waals surface area contributed by atoms with Gasteiger partial charge in [0, 0.05) is 17.9 Å². The standard InChI is InChI=1S/C21H26N2O/c1-21(2,3)17-10-12-18(13-11-17)22-15-20(24)23-14-6-8-16-7-4-5-9-19(16)23/h4-5,7,9-13,22H,6,8,14-15H2,1-3H3. The highest BCUT2D eigenvalue weighted by Gasteiger charge is 2.21. The molecule has 0 saturated carbocycles. The Morgan fingerprint density at radius 1 is 1.08 bits per heavy atom. The summed E-state index contributed by atoms with van der Waals surface area (Å²) in [5.41, 5.74) is 4.77. The van der Waals surface area contributed by atoms with Crippen molar-refractivity contribution in [3.8, 4) is 0 Å². The summed E-state index contributed by atoms with van der Waals surface area (Å²) in [5, 5.41) is 3.26. The van der Waals surface area contributed by atoms with Crippen molar-refractivity contribution in [1.29, 1.82) is 0 Å². The molecule has 0 aliphatic carbocycles. The lowest BCUT2D eigenvalue weighted by atomic mass is 9.87. The third kappa shape index (κ3) is 3.61. The first kappa shape index (κ1) is 16.6. The molecule has 1 aliphatic heterocycles. The molecule has 0 bridgehead atoms. The van der Waals surface area contributed by atoms with E-state index in [4.69, 9.17) is 0 Å². The van der Waals surface area contributed by atoms with Gasteiger partial charge in [-0.2, -0.15) is 0 Å². The number of carbonyl (C=O) groups is 1. The molecule has 3 rings (SSSR count). The van der Waals surface area contributed by atoms with Gasteiger partial charge in [-0.1, -0.05) is 51.1 Å². The third-order valence-electron chi connectivity index (χ3n) is 4.61. The summed E-state index contributed by atoms with van der Waals surface area (Å²) in [6, 6.07) is 16.6. The topological polar surface area (TPSA) is 32.3 Å². The van der Waals surface area contributed by atoms with E-state index in [1.807, 2.05) is 23.1 Å². The summed E-state index contributed by atoms with van der Waals surface area (Å²) >= 11 is 0. The van der Waals surface area contributed by atoms with E-state index in [1.165, 1.54) is 11.1 Å². The van der Waals surface area contributed by atoms with Crippen LogP contribution in [0.1, 0.15) is 38.3 Å². The Balaban J connectivity index is 1.64. The molecule has 1 amide bonds. The maximum Gasteiger partial charge on any atom is 0.246 e. The van der Waals surface area contributed by atoms with Crippen LogP contribution in [0.4, 0.5) is 11.4 Å². The fraction of sp³-hybridized carbons (Fsp3) is 0.381. The molecule has 126 valence electrons. The molecule has 0 spiro atoms. The number of carbonyl (C=O) groups excluding carboxylic acids is 1. The molecule has 1 heterocycles. The van der Waals surface area contributed by atoms with Crippen LogP contribution in [0, 0.1) is 0 Å². The molecule has 0 fully saturated rings. The summed E-state index contributed by atoms with van der Waals surface area (Å²) in [4.78, 5) is 14.5. The van der Waals surface area contributed by atoms with E-state index in [-0.39, 0.29) is 11.3 Å². The fourth-order valence-corrected chi connectivity index (χ4v) is 3.15. The molecule has 0 radical (unpaired) electrons. The Morgan fingerprint density at radius 2 is 1.79 bits per heavy atom. The third-order valence-corrected chi connectivity index (χ3v) is 4.61. The average molecular weight is 322 g/mol. The minimum Gasteiger partial charge on any atom is -0.376 e. The van der Waals surface area contributed by atoms with Crippen LogP contribution in [0.25, 0.3) is 0 Å². The summed E-state index contributed by atoms with van der Waals surface area (Å²) in [6.07, 6.45) is 2.09. The van der Waals surface area contributed by atoms with Gasteiger partial charge in [0.05, 0.1) is 6.54 Å². The smallest absolute Gasteiger partial charge is 0.246 e. The molecule has 0 atom stereocenters. The van der Waals surface area contributed by atoms with E-state index < -0.39 is 0 Å². The van der Waals surface area contributed by atoms with Crippen molar-refractivity contribution in [2.45, 2.75) is 39.0 Å². The number of para-hydroxylation sites is 1. The largest absolute Gasteiger partial charge is 0.376 e. The maximum absolute atomic E-state index is 12.6. The van der Waals surface area contributed by atoms with Crippen molar-refractivity contribution >= 4 is 17.3 Å². The first-order valence-electron chi connectivity index (χ1n) is 8.68. The predicted octanol–water partition coefficient (Wildman–Crippen LogP) is 4.38. The first-order valence-corrected chi connectivity index (χ1v) is 8.68. The van der Waals surface area contributed by atoms with Crippen LogP contribution in [0.2, 0.25) is 0 Å². The lowest BCUT2D eigenvalue weighted by molar-refractivity contribution is -0.117. The number of hydrogen-bond acceptors (Lipinski definition) is 2. The number of benzene rings is 2. The van der Waals surface area contributed by atoms with Crippen LogP contribution in [0.15, 0.2) is 48.5 Å². The molecule has 2 aromatic rings. The zero-order chi connectivity index (χ0) is 17.2. The Bertz CT molecular complexity index is 713. The SMILES string of the molecule is CC(C)(C)c1ccc(NCC(=O)N2CCCc3ccccc32)cc1. The first-order chi connectivity index (χ1) is 11.4. The number of rotatable bonds is 3. The van der Waals surface area contributed by atoms with E-state index in [0.717, 1.165) is 30.8 Å². The van der Waals surface area contributed by atoms with Crippen LogP contribution in [-0.4, -0.2) is 19.0 Å². The van der Waals surface area contributed by atoms with E-state index in [9.17, 15) is 4.79 Å². The van der Waals surface area contributed by atoms with Crippen LogP contribution in [-0.2, 0) is 16.6 Å². The molecular formula is C21H26N2O. The van der Waals surface area contributed by atoms with Crippen molar-refractivity contribution in [3.05, 3.63) is 59.7 Å². The summed E-state index contributed by atoms with van der Waals surface area (Å²) in [5.74, 6) is 0.127. The highest BCUT2D eigenvalue weighted by atomic mass is 16.2. The number of nitrogens with one attached hydrogen (secondary N) is 1. The summed E-state index contributed by atoms with van der Waals surface area (Å²) < 4.78 is 0. The molecular weight excluding hydrogens is 296 g/mol. The molecule has 3 nitrogen and oxygen atoms in total. The van der Waals surface area contributed by atoms with Crippen LogP contribution < -0.4 is 10.2 Å². The summed E-state index contributed by atoms with van der Waals surface area (Å²) in [7, 11) is 0. The fourth-order valence-electron chi connectivity index (χ4n) is 3.15. The molecule has 1 aliphatic rings. The Kier molecular flexibility index (Phi) is 4.61. The van der Waals surface area contributed by atoms with Gasteiger partial charge in [-0.25, -0.2) is 0 Å². The van der Waals surface area contributed by atoms with E-state index in [2.05, 4.69) is 56.4 Å². The van der Waals surface area contributed by atoms with Crippen LogP contribution in [0.3, 0.4) is 0 Å². The van der Waals surface area contributed by atoms with Crippen molar-refractivity contribution in [1.82, 2.24) is 0 Å². The zero-order valence-corrected chi connectivity index (χ0v) is 14.8. The maximum atomic E-state index is 12.6. The van der Waals surface area contributed by atoms with Gasteiger partial charge in [-0.15, -0.1) is 0 Å². The van der Waals surface area contributed by atoms with Crippen molar-refractivity contribution < 1.29 is 4.79 Å². The molecule has 0 aromatic heterocycles. The minimum absolute atomic E-state index is 0.127. The quantitative estimate of drug-likeness (QED) is 0.910. The second kappa shape index (κ2) is 6.68. The number of hydrogen-bond donors (Lipinski definition) is 1. The lowest BCUT2D eigenvalue weighted by Crippen LogP contribution is -2.39. The number of nitrogens with zero attached hydrogens (tertiary/aromatic N) is 1. The van der Waals surface area contributed by atoms with Crippen LogP contribution >= 0.6 is 0 Å². The van der Waals surface area contributed by atoms with Gasteiger partial charge in [0.25, 0.3) is 0 Å². The van der Waals surface area contributed by atoms with Crippen molar-refractivity contribution in [3.63, 3.8) is 0 Å². The van der Waals surface area contributed by atoms with E-state index >= 15 is 0 Å². The zero-order valence-electron chi connectivity index (χ0n) is 14.8. The molecule has 1 N–H and O–H groups in total. The average Bonchev–Trinajstić information content (AvgIpc) is 2.59. The van der Waals surface area contributed by atoms with E-state index in [0.29, 0.717) is 6.54 Å². The van der Waals surface area contributed by atoms with E-state index in [1.54, 1.807) is 0 Å². The number of amides is 1. The molecule has 24 heavy (non-hydrogen) atoms. The Hall–Kier alpha value is -2.29. The lowest BCUT2D eigenvalue weighted by Gasteiger charge is -2.29. The molecule has 0 saturated heterocycles. The predicted molar refractivity (Wildman–Crippen MR) is 101 cm³/mol. The molecule has 2 aromatic carbocycles. The second-order valence-electron chi connectivity index (χ2n) is 7.46. The number of fused-ring (bicyclic) bond motifs is 1. The number of anilines is 2. The van der Waals surface area contributed by atoms with Gasteiger partial charge in [-0.3, -0.25) is 4.79 Å². The highest BCUT2D eigenvalue weighted by Crippen LogP contribution is 2.27. The van der Waals surface area contributed by atoms with Crippen molar-refractivity contribution in [2.24, 2.45) is 0 Å². The van der Waals surface area contributed by atoms with Crippen LogP contribution in [0.5, 0.6) is 0 Å². The molecule has 0 unspecified atom stereocenters. The van der Waals surface area contributed by atoms with Gasteiger partial charge in [0.15, 0.2) is 0 Å².